The molecule has 168 valence electrons. The standard InChI is InChI=1S/2C12H26N2/c2*1-9(2)12-11(6-7-14(12)5)8-13-10(3)4/h2*9-13H,6-8H2,1-5H3/t2*11-,12+/m10/s1. The van der Waals surface area contributed by atoms with Crippen molar-refractivity contribution in [2.45, 2.75) is 92.4 Å². The van der Waals surface area contributed by atoms with Crippen molar-refractivity contribution in [3.8, 4) is 0 Å². The molecule has 0 spiro atoms. The maximum Gasteiger partial charge on any atom is 0.0156 e. The zero-order chi connectivity index (χ0) is 21.4. The van der Waals surface area contributed by atoms with Gasteiger partial charge in [-0.3, -0.25) is 0 Å². The topological polar surface area (TPSA) is 30.5 Å². The van der Waals surface area contributed by atoms with Crippen molar-refractivity contribution in [3.63, 3.8) is 0 Å². The fraction of sp³-hybridized carbons (Fsp3) is 1.00. The van der Waals surface area contributed by atoms with Crippen LogP contribution in [0.4, 0.5) is 0 Å². The van der Waals surface area contributed by atoms with Crippen molar-refractivity contribution >= 4 is 0 Å². The van der Waals surface area contributed by atoms with Crippen molar-refractivity contribution in [2.24, 2.45) is 23.7 Å². The SMILES string of the molecule is CC(C)NC[C@@H]1CCN(C)[C@@H]1C(C)C.CC(C)NC[C@H]1CCN(C)[C@H]1C(C)C. The molecule has 0 bridgehead atoms. The van der Waals surface area contributed by atoms with Gasteiger partial charge in [0.25, 0.3) is 0 Å². The van der Waals surface area contributed by atoms with E-state index in [9.17, 15) is 0 Å². The van der Waals surface area contributed by atoms with Crippen LogP contribution in [0.15, 0.2) is 0 Å². The van der Waals surface area contributed by atoms with Gasteiger partial charge in [0, 0.05) is 24.2 Å². The molecule has 2 fully saturated rings. The molecule has 0 aromatic heterocycles. The molecule has 0 aromatic rings. The highest BCUT2D eigenvalue weighted by atomic mass is 15.2. The van der Waals surface area contributed by atoms with Crippen LogP contribution in [-0.4, -0.2) is 74.2 Å². The summed E-state index contributed by atoms with van der Waals surface area (Å²) in [6.45, 7) is 23.2. The van der Waals surface area contributed by atoms with Gasteiger partial charge in [-0.15, -0.1) is 0 Å². The van der Waals surface area contributed by atoms with Crippen LogP contribution in [0.5, 0.6) is 0 Å². The van der Waals surface area contributed by atoms with Crippen molar-refractivity contribution in [1.82, 2.24) is 20.4 Å². The number of nitrogens with zero attached hydrogens (tertiary/aromatic N) is 2. The monoisotopic (exact) mass is 396 g/mol. The van der Waals surface area contributed by atoms with E-state index in [1.165, 1.54) is 39.0 Å². The van der Waals surface area contributed by atoms with Gasteiger partial charge in [-0.1, -0.05) is 55.4 Å². The number of hydrogen-bond acceptors (Lipinski definition) is 4. The lowest BCUT2D eigenvalue weighted by molar-refractivity contribution is 0.206. The van der Waals surface area contributed by atoms with Crippen LogP contribution < -0.4 is 10.6 Å². The van der Waals surface area contributed by atoms with Gasteiger partial charge in [0.1, 0.15) is 0 Å². The third kappa shape index (κ3) is 8.30. The normalized spacial score (nSPS) is 29.4. The minimum Gasteiger partial charge on any atom is -0.314 e. The molecule has 0 radical (unpaired) electrons. The fourth-order valence-electron chi connectivity index (χ4n) is 5.42. The number of rotatable bonds is 8. The molecular weight excluding hydrogens is 344 g/mol. The van der Waals surface area contributed by atoms with Gasteiger partial charge >= 0.3 is 0 Å². The summed E-state index contributed by atoms with van der Waals surface area (Å²) < 4.78 is 0. The average molecular weight is 397 g/mol. The minimum atomic E-state index is 0.619. The van der Waals surface area contributed by atoms with E-state index in [1.807, 2.05) is 0 Å². The molecule has 0 aromatic carbocycles. The summed E-state index contributed by atoms with van der Waals surface area (Å²) in [6, 6.07) is 2.80. The Labute approximate surface area is 177 Å². The summed E-state index contributed by atoms with van der Waals surface area (Å²) in [5.41, 5.74) is 0. The van der Waals surface area contributed by atoms with Gasteiger partial charge < -0.3 is 20.4 Å². The summed E-state index contributed by atoms with van der Waals surface area (Å²) in [7, 11) is 4.53. The molecule has 0 unspecified atom stereocenters. The van der Waals surface area contributed by atoms with Crippen LogP contribution in [0, 0.1) is 23.7 Å². The maximum absolute atomic E-state index is 3.57. The quantitative estimate of drug-likeness (QED) is 0.651. The minimum absolute atomic E-state index is 0.619. The molecule has 2 rings (SSSR count). The second kappa shape index (κ2) is 12.5. The van der Waals surface area contributed by atoms with E-state index in [1.54, 1.807) is 0 Å². The molecular formula is C24H52N4. The Morgan fingerprint density at radius 1 is 0.643 bits per heavy atom. The Bertz CT molecular complexity index is 369. The Morgan fingerprint density at radius 3 is 1.21 bits per heavy atom. The number of hydrogen-bond donors (Lipinski definition) is 2. The van der Waals surface area contributed by atoms with Gasteiger partial charge in [0.15, 0.2) is 0 Å². The van der Waals surface area contributed by atoms with Crippen LogP contribution in [0.25, 0.3) is 0 Å². The first kappa shape index (κ1) is 25.9. The molecule has 4 atom stereocenters. The van der Waals surface area contributed by atoms with E-state index in [2.05, 4.69) is 89.9 Å². The molecule has 2 heterocycles. The largest absolute Gasteiger partial charge is 0.314 e. The Kier molecular flexibility index (Phi) is 11.6. The molecule has 2 aliphatic rings. The fourth-order valence-corrected chi connectivity index (χ4v) is 5.42. The highest BCUT2D eigenvalue weighted by Crippen LogP contribution is 2.28. The summed E-state index contributed by atoms with van der Waals surface area (Å²) in [6.07, 6.45) is 2.72. The summed E-state index contributed by atoms with van der Waals surface area (Å²) in [5.74, 6) is 3.26. The van der Waals surface area contributed by atoms with Crippen molar-refractivity contribution in [1.29, 1.82) is 0 Å². The first-order valence-corrected chi connectivity index (χ1v) is 11.9. The first-order chi connectivity index (χ1) is 13.0. The van der Waals surface area contributed by atoms with Crippen LogP contribution in [0.2, 0.25) is 0 Å². The Hall–Kier alpha value is -0.160. The average Bonchev–Trinajstić information content (AvgIpc) is 3.14. The smallest absolute Gasteiger partial charge is 0.0156 e. The van der Waals surface area contributed by atoms with Crippen molar-refractivity contribution < 1.29 is 0 Å². The van der Waals surface area contributed by atoms with E-state index in [0.29, 0.717) is 12.1 Å². The maximum atomic E-state index is 3.57. The summed E-state index contributed by atoms with van der Waals surface area (Å²) in [4.78, 5) is 5.05. The third-order valence-electron chi connectivity index (χ3n) is 6.63. The van der Waals surface area contributed by atoms with E-state index < -0.39 is 0 Å². The molecule has 4 heteroatoms. The molecule has 0 aliphatic carbocycles. The van der Waals surface area contributed by atoms with Crippen LogP contribution in [-0.2, 0) is 0 Å². The molecule has 0 amide bonds. The van der Waals surface area contributed by atoms with E-state index >= 15 is 0 Å². The lowest BCUT2D eigenvalue weighted by Gasteiger charge is -2.29. The van der Waals surface area contributed by atoms with Crippen molar-refractivity contribution in [2.75, 3.05) is 40.3 Å². The lowest BCUT2D eigenvalue weighted by atomic mass is 9.91. The first-order valence-electron chi connectivity index (χ1n) is 11.9. The molecule has 4 nitrogen and oxygen atoms in total. The van der Waals surface area contributed by atoms with Gasteiger partial charge in [0.05, 0.1) is 0 Å². The zero-order valence-electron chi connectivity index (χ0n) is 20.8. The highest BCUT2D eigenvalue weighted by Gasteiger charge is 2.34. The van der Waals surface area contributed by atoms with E-state index in [4.69, 9.17) is 0 Å². The number of likely N-dealkylation sites (tertiary alicyclic amines) is 2. The predicted octanol–water partition coefficient (Wildman–Crippen LogP) is 3.92. The van der Waals surface area contributed by atoms with E-state index in [0.717, 1.165) is 35.8 Å². The lowest BCUT2D eigenvalue weighted by Crippen LogP contribution is -2.39. The third-order valence-corrected chi connectivity index (χ3v) is 6.63. The Morgan fingerprint density at radius 2 is 0.964 bits per heavy atom. The summed E-state index contributed by atoms with van der Waals surface area (Å²) in [5, 5.41) is 7.13. The molecule has 2 N–H and O–H groups in total. The second-order valence-corrected chi connectivity index (χ2v) is 10.7. The summed E-state index contributed by atoms with van der Waals surface area (Å²) >= 11 is 0. The van der Waals surface area contributed by atoms with Gasteiger partial charge in [-0.05, 0) is 76.8 Å². The molecule has 28 heavy (non-hydrogen) atoms. The van der Waals surface area contributed by atoms with E-state index in [-0.39, 0.29) is 0 Å². The highest BCUT2D eigenvalue weighted by molar-refractivity contribution is 4.89. The molecule has 0 saturated carbocycles. The second-order valence-electron chi connectivity index (χ2n) is 10.7. The van der Waals surface area contributed by atoms with Crippen LogP contribution in [0.1, 0.15) is 68.2 Å². The Balaban J connectivity index is 0.000000280. The van der Waals surface area contributed by atoms with Crippen molar-refractivity contribution in [3.05, 3.63) is 0 Å². The molecule has 2 saturated heterocycles. The zero-order valence-corrected chi connectivity index (χ0v) is 20.8. The molecule has 2 aliphatic heterocycles. The number of nitrogens with one attached hydrogen (secondary N) is 2. The van der Waals surface area contributed by atoms with Crippen LogP contribution in [0.3, 0.4) is 0 Å². The van der Waals surface area contributed by atoms with Gasteiger partial charge in [-0.25, -0.2) is 0 Å². The predicted molar refractivity (Wildman–Crippen MR) is 125 cm³/mol. The van der Waals surface area contributed by atoms with Gasteiger partial charge in [-0.2, -0.15) is 0 Å². The van der Waals surface area contributed by atoms with Crippen LogP contribution >= 0.6 is 0 Å². The van der Waals surface area contributed by atoms with Gasteiger partial charge in [0.2, 0.25) is 0 Å².